The van der Waals surface area contributed by atoms with E-state index in [2.05, 4.69) is 5.32 Å². The van der Waals surface area contributed by atoms with Gasteiger partial charge in [0, 0.05) is 5.56 Å². The highest BCUT2D eigenvalue weighted by Gasteiger charge is 2.11. The molecular formula is C10H13FN2O. The second-order valence-corrected chi connectivity index (χ2v) is 3.01. The number of carbonyl (C=O) groups is 1. The summed E-state index contributed by atoms with van der Waals surface area (Å²) in [5.41, 5.74) is 5.60. The lowest BCUT2D eigenvalue weighted by molar-refractivity contribution is -0.120. The molecule has 1 atom stereocenters. The lowest BCUT2D eigenvalue weighted by atomic mass is 10.1. The Bertz CT molecular complexity index is 328. The van der Waals surface area contributed by atoms with Gasteiger partial charge in [-0.15, -0.1) is 0 Å². The van der Waals surface area contributed by atoms with Crippen molar-refractivity contribution in [1.29, 1.82) is 0 Å². The SMILES string of the molecule is CC(NC(=O)CN)c1ccccc1F. The molecule has 14 heavy (non-hydrogen) atoms. The van der Waals surface area contributed by atoms with Gasteiger partial charge in [-0.1, -0.05) is 18.2 Å². The second kappa shape index (κ2) is 4.72. The number of halogens is 1. The molecule has 0 saturated carbocycles. The van der Waals surface area contributed by atoms with Crippen molar-refractivity contribution in [2.45, 2.75) is 13.0 Å². The largest absolute Gasteiger partial charge is 0.348 e. The lowest BCUT2D eigenvalue weighted by Crippen LogP contribution is -2.32. The monoisotopic (exact) mass is 196 g/mol. The highest BCUT2D eigenvalue weighted by molar-refractivity contribution is 5.78. The number of amides is 1. The van der Waals surface area contributed by atoms with E-state index in [1.807, 2.05) is 0 Å². The van der Waals surface area contributed by atoms with Crippen LogP contribution in [0.15, 0.2) is 24.3 Å². The number of nitrogens with one attached hydrogen (secondary N) is 1. The summed E-state index contributed by atoms with van der Waals surface area (Å²) >= 11 is 0. The van der Waals surface area contributed by atoms with Crippen molar-refractivity contribution >= 4 is 5.91 Å². The molecule has 4 heteroatoms. The summed E-state index contributed by atoms with van der Waals surface area (Å²) in [6.07, 6.45) is 0. The van der Waals surface area contributed by atoms with Crippen LogP contribution in [0.3, 0.4) is 0 Å². The Hall–Kier alpha value is -1.42. The van der Waals surface area contributed by atoms with Crippen LogP contribution in [-0.2, 0) is 4.79 Å². The van der Waals surface area contributed by atoms with E-state index in [-0.39, 0.29) is 24.3 Å². The topological polar surface area (TPSA) is 55.1 Å². The summed E-state index contributed by atoms with van der Waals surface area (Å²) in [4.78, 5) is 10.9. The van der Waals surface area contributed by atoms with Gasteiger partial charge in [-0.2, -0.15) is 0 Å². The maximum absolute atomic E-state index is 13.2. The molecule has 0 fully saturated rings. The molecule has 0 spiro atoms. The minimum absolute atomic E-state index is 0.0845. The summed E-state index contributed by atoms with van der Waals surface area (Å²) in [6.45, 7) is 1.63. The molecular weight excluding hydrogens is 183 g/mol. The van der Waals surface area contributed by atoms with Crippen LogP contribution in [-0.4, -0.2) is 12.5 Å². The van der Waals surface area contributed by atoms with Gasteiger partial charge in [-0.3, -0.25) is 4.79 Å². The molecule has 0 radical (unpaired) electrons. The lowest BCUT2D eigenvalue weighted by Gasteiger charge is -2.13. The molecule has 1 aromatic carbocycles. The maximum Gasteiger partial charge on any atom is 0.234 e. The molecule has 0 heterocycles. The van der Waals surface area contributed by atoms with Crippen molar-refractivity contribution in [2.24, 2.45) is 5.73 Å². The Kier molecular flexibility index (Phi) is 3.59. The second-order valence-electron chi connectivity index (χ2n) is 3.01. The van der Waals surface area contributed by atoms with Gasteiger partial charge in [0.2, 0.25) is 5.91 Å². The first-order valence-electron chi connectivity index (χ1n) is 4.39. The maximum atomic E-state index is 13.2. The highest BCUT2D eigenvalue weighted by atomic mass is 19.1. The number of hydrogen-bond donors (Lipinski definition) is 2. The van der Waals surface area contributed by atoms with Crippen molar-refractivity contribution in [3.05, 3.63) is 35.6 Å². The first-order chi connectivity index (χ1) is 6.65. The normalized spacial score (nSPS) is 12.2. The fraction of sp³-hybridized carbons (Fsp3) is 0.300. The van der Waals surface area contributed by atoms with Crippen molar-refractivity contribution in [3.63, 3.8) is 0 Å². The zero-order valence-corrected chi connectivity index (χ0v) is 7.96. The molecule has 0 aliphatic rings. The molecule has 3 N–H and O–H groups in total. The number of nitrogens with two attached hydrogens (primary N) is 1. The van der Waals surface area contributed by atoms with Crippen molar-refractivity contribution in [2.75, 3.05) is 6.54 Å². The minimum atomic E-state index is -0.354. The van der Waals surface area contributed by atoms with Crippen LogP contribution in [0, 0.1) is 5.82 Å². The molecule has 1 rings (SSSR count). The first kappa shape index (κ1) is 10.7. The summed E-state index contributed by atoms with van der Waals surface area (Å²) < 4.78 is 13.2. The van der Waals surface area contributed by atoms with Crippen molar-refractivity contribution < 1.29 is 9.18 Å². The van der Waals surface area contributed by atoms with Crippen LogP contribution < -0.4 is 11.1 Å². The third kappa shape index (κ3) is 2.53. The van der Waals surface area contributed by atoms with Crippen LogP contribution in [0.5, 0.6) is 0 Å². The third-order valence-corrected chi connectivity index (χ3v) is 1.93. The van der Waals surface area contributed by atoms with Crippen LogP contribution in [0.2, 0.25) is 0 Å². The molecule has 0 saturated heterocycles. The summed E-state index contributed by atoms with van der Waals surface area (Å²) in [5.74, 6) is -0.613. The van der Waals surface area contributed by atoms with E-state index in [0.29, 0.717) is 5.56 Å². The number of hydrogen-bond acceptors (Lipinski definition) is 2. The Labute approximate surface area is 82.1 Å². The third-order valence-electron chi connectivity index (χ3n) is 1.93. The molecule has 1 unspecified atom stereocenters. The van der Waals surface area contributed by atoms with Gasteiger partial charge >= 0.3 is 0 Å². The number of carbonyl (C=O) groups excluding carboxylic acids is 1. The quantitative estimate of drug-likeness (QED) is 0.756. The average molecular weight is 196 g/mol. The minimum Gasteiger partial charge on any atom is -0.348 e. The molecule has 1 amide bonds. The van der Waals surface area contributed by atoms with E-state index < -0.39 is 0 Å². The molecule has 0 bridgehead atoms. The van der Waals surface area contributed by atoms with Crippen LogP contribution in [0.1, 0.15) is 18.5 Å². The molecule has 0 aliphatic heterocycles. The van der Waals surface area contributed by atoms with Gasteiger partial charge in [0.1, 0.15) is 5.82 Å². The van der Waals surface area contributed by atoms with Gasteiger partial charge in [-0.25, -0.2) is 4.39 Å². The van der Waals surface area contributed by atoms with E-state index >= 15 is 0 Å². The van der Waals surface area contributed by atoms with E-state index in [9.17, 15) is 9.18 Å². The zero-order chi connectivity index (χ0) is 10.6. The molecule has 3 nitrogen and oxygen atoms in total. The predicted molar refractivity (Wildman–Crippen MR) is 52.0 cm³/mol. The van der Waals surface area contributed by atoms with Crippen molar-refractivity contribution in [3.8, 4) is 0 Å². The smallest absolute Gasteiger partial charge is 0.234 e. The predicted octanol–water partition coefficient (Wildman–Crippen LogP) is 0.962. The summed E-state index contributed by atoms with van der Waals surface area (Å²) in [7, 11) is 0. The van der Waals surface area contributed by atoms with Crippen LogP contribution in [0.25, 0.3) is 0 Å². The summed E-state index contributed by atoms with van der Waals surface area (Å²) in [6, 6.07) is 5.98. The Morgan fingerprint density at radius 2 is 2.21 bits per heavy atom. The Balaban J connectivity index is 2.74. The molecule has 0 aliphatic carbocycles. The zero-order valence-electron chi connectivity index (χ0n) is 7.96. The van der Waals surface area contributed by atoms with Crippen LogP contribution >= 0.6 is 0 Å². The van der Waals surface area contributed by atoms with Gasteiger partial charge in [0.05, 0.1) is 12.6 Å². The Morgan fingerprint density at radius 3 is 2.79 bits per heavy atom. The molecule has 0 aromatic heterocycles. The van der Waals surface area contributed by atoms with Crippen LogP contribution in [0.4, 0.5) is 4.39 Å². The van der Waals surface area contributed by atoms with E-state index in [0.717, 1.165) is 0 Å². The fourth-order valence-electron chi connectivity index (χ4n) is 1.20. The highest BCUT2D eigenvalue weighted by Crippen LogP contribution is 2.15. The van der Waals surface area contributed by atoms with Gasteiger partial charge in [0.15, 0.2) is 0 Å². The fourth-order valence-corrected chi connectivity index (χ4v) is 1.20. The standard InChI is InChI=1S/C10H13FN2O/c1-7(13-10(14)6-12)8-4-2-3-5-9(8)11/h2-5,7H,6,12H2,1H3,(H,13,14). The molecule has 1 aromatic rings. The Morgan fingerprint density at radius 1 is 1.57 bits per heavy atom. The van der Waals surface area contributed by atoms with Gasteiger partial charge in [0.25, 0.3) is 0 Å². The van der Waals surface area contributed by atoms with E-state index in [1.54, 1.807) is 25.1 Å². The van der Waals surface area contributed by atoms with E-state index in [4.69, 9.17) is 5.73 Å². The summed E-state index contributed by atoms with van der Waals surface area (Å²) in [5, 5.41) is 2.58. The number of rotatable bonds is 3. The van der Waals surface area contributed by atoms with Gasteiger partial charge in [-0.05, 0) is 13.0 Å². The average Bonchev–Trinajstić information content (AvgIpc) is 2.18. The van der Waals surface area contributed by atoms with E-state index in [1.165, 1.54) is 6.07 Å². The number of benzene rings is 1. The van der Waals surface area contributed by atoms with Crippen molar-refractivity contribution in [1.82, 2.24) is 5.32 Å². The first-order valence-corrected chi connectivity index (χ1v) is 4.39. The van der Waals surface area contributed by atoms with Gasteiger partial charge < -0.3 is 11.1 Å². The molecule has 76 valence electrons.